The summed E-state index contributed by atoms with van der Waals surface area (Å²) in [5.74, 6) is -1.10. The highest BCUT2D eigenvalue weighted by atomic mass is 79.9. The molecular weight excluding hydrogens is 356 g/mol. The van der Waals surface area contributed by atoms with Crippen LogP contribution in [0.25, 0.3) is 0 Å². The third kappa shape index (κ3) is 4.09. The number of hydrogen-bond acceptors (Lipinski definition) is 6. The Labute approximate surface area is 126 Å². The summed E-state index contributed by atoms with van der Waals surface area (Å²) < 4.78 is 39.3. The van der Waals surface area contributed by atoms with Crippen LogP contribution in [0.4, 0.5) is 14.5 Å². The molecule has 108 valence electrons. The second-order valence-corrected chi connectivity index (χ2v) is 5.25. The molecule has 9 heteroatoms. The molecule has 5 nitrogen and oxygen atoms in total. The third-order valence-corrected chi connectivity index (χ3v) is 3.37. The number of anilines is 1. The molecule has 0 aliphatic rings. The van der Waals surface area contributed by atoms with Crippen LogP contribution in [0.1, 0.15) is 0 Å². The molecule has 2 aromatic rings. The minimum absolute atomic E-state index is 0.0115. The lowest BCUT2D eigenvalue weighted by Gasteiger charge is -2.13. The van der Waals surface area contributed by atoms with Crippen molar-refractivity contribution >= 4 is 33.3 Å². The van der Waals surface area contributed by atoms with Gasteiger partial charge in [-0.1, -0.05) is 0 Å². The van der Waals surface area contributed by atoms with Crippen LogP contribution in [0.15, 0.2) is 22.8 Å². The highest BCUT2D eigenvalue weighted by Crippen LogP contribution is 2.23. The van der Waals surface area contributed by atoms with Gasteiger partial charge in [-0.15, -0.1) is 4.37 Å². The topological polar surface area (TPSA) is 67.3 Å². The van der Waals surface area contributed by atoms with Crippen LogP contribution >= 0.6 is 27.7 Å². The fourth-order valence-electron chi connectivity index (χ4n) is 1.35. The summed E-state index contributed by atoms with van der Waals surface area (Å²) in [5, 5.41) is 12.4. The molecule has 1 aromatic carbocycles. The Hall–Kier alpha value is -1.32. The van der Waals surface area contributed by atoms with Crippen molar-refractivity contribution in [3.63, 3.8) is 0 Å². The average Bonchev–Trinajstić information content (AvgIpc) is 2.92. The molecule has 1 heterocycles. The first-order valence-electron chi connectivity index (χ1n) is 5.53. The minimum Gasteiger partial charge on any atom is -0.473 e. The predicted octanol–water partition coefficient (Wildman–Crippen LogP) is 2.43. The number of benzene rings is 1. The normalized spacial score (nSPS) is 12.2. The van der Waals surface area contributed by atoms with Gasteiger partial charge in [0.25, 0.3) is 0 Å². The molecule has 1 atom stereocenters. The van der Waals surface area contributed by atoms with Crippen LogP contribution in [-0.4, -0.2) is 33.1 Å². The van der Waals surface area contributed by atoms with E-state index in [0.717, 1.165) is 17.8 Å². The first-order chi connectivity index (χ1) is 9.56. The van der Waals surface area contributed by atoms with Crippen molar-refractivity contribution in [2.24, 2.45) is 0 Å². The SMILES string of the molecule is OC(CNc1cc(Br)c(F)cc1F)COc1cnsn1. The third-order valence-electron chi connectivity index (χ3n) is 2.30. The number of aliphatic hydroxyl groups excluding tert-OH is 1. The maximum Gasteiger partial charge on any atom is 0.245 e. The van der Waals surface area contributed by atoms with Crippen molar-refractivity contribution in [1.29, 1.82) is 0 Å². The number of nitrogens with zero attached hydrogens (tertiary/aromatic N) is 2. The molecular formula is C11H10BrF2N3O2S. The van der Waals surface area contributed by atoms with E-state index in [-0.39, 0.29) is 23.3 Å². The van der Waals surface area contributed by atoms with Crippen molar-refractivity contribution in [3.8, 4) is 5.88 Å². The quantitative estimate of drug-likeness (QED) is 0.769. The van der Waals surface area contributed by atoms with Crippen LogP contribution in [0.2, 0.25) is 0 Å². The van der Waals surface area contributed by atoms with E-state index in [9.17, 15) is 13.9 Å². The van der Waals surface area contributed by atoms with Crippen LogP contribution in [0.3, 0.4) is 0 Å². The van der Waals surface area contributed by atoms with Crippen LogP contribution in [-0.2, 0) is 0 Å². The lowest BCUT2D eigenvalue weighted by Crippen LogP contribution is -2.26. The number of nitrogens with one attached hydrogen (secondary N) is 1. The van der Waals surface area contributed by atoms with Gasteiger partial charge in [-0.25, -0.2) is 8.78 Å². The van der Waals surface area contributed by atoms with Gasteiger partial charge in [-0.05, 0) is 22.0 Å². The van der Waals surface area contributed by atoms with Gasteiger partial charge in [0.15, 0.2) is 0 Å². The Morgan fingerprint density at radius 1 is 1.40 bits per heavy atom. The fraction of sp³-hybridized carbons (Fsp3) is 0.273. The molecule has 0 aliphatic heterocycles. The molecule has 0 fully saturated rings. The van der Waals surface area contributed by atoms with Gasteiger partial charge < -0.3 is 15.2 Å². The number of aliphatic hydroxyl groups is 1. The molecule has 2 rings (SSSR count). The lowest BCUT2D eigenvalue weighted by molar-refractivity contribution is 0.115. The second-order valence-electron chi connectivity index (χ2n) is 3.84. The zero-order valence-corrected chi connectivity index (χ0v) is 12.4. The van der Waals surface area contributed by atoms with E-state index in [1.165, 1.54) is 12.3 Å². The van der Waals surface area contributed by atoms with Gasteiger partial charge in [0, 0.05) is 12.6 Å². The highest BCUT2D eigenvalue weighted by molar-refractivity contribution is 9.10. The van der Waals surface area contributed by atoms with Crippen molar-refractivity contribution in [1.82, 2.24) is 8.75 Å². The summed E-state index contributed by atoms with van der Waals surface area (Å²) >= 11 is 3.96. The molecule has 20 heavy (non-hydrogen) atoms. The van der Waals surface area contributed by atoms with Crippen LogP contribution in [0.5, 0.6) is 5.88 Å². The van der Waals surface area contributed by atoms with Gasteiger partial charge in [0.05, 0.1) is 21.9 Å². The Kier molecular flexibility index (Phi) is 5.21. The highest BCUT2D eigenvalue weighted by Gasteiger charge is 2.11. The van der Waals surface area contributed by atoms with E-state index in [2.05, 4.69) is 30.0 Å². The number of hydrogen-bond donors (Lipinski definition) is 2. The van der Waals surface area contributed by atoms with Crippen LogP contribution in [0, 0.1) is 11.6 Å². The Morgan fingerprint density at radius 2 is 2.20 bits per heavy atom. The van der Waals surface area contributed by atoms with Crippen molar-refractivity contribution in [2.45, 2.75) is 6.10 Å². The van der Waals surface area contributed by atoms with Gasteiger partial charge in [0.1, 0.15) is 30.5 Å². The average molecular weight is 366 g/mol. The molecule has 2 N–H and O–H groups in total. The zero-order valence-electron chi connectivity index (χ0n) is 10.0. The van der Waals surface area contributed by atoms with Crippen LogP contribution < -0.4 is 10.1 Å². The molecule has 0 spiro atoms. The Bertz CT molecular complexity index is 571. The molecule has 0 aliphatic carbocycles. The first kappa shape index (κ1) is 15.1. The zero-order chi connectivity index (χ0) is 14.5. The summed E-state index contributed by atoms with van der Waals surface area (Å²) in [5.41, 5.74) is 0.0904. The van der Waals surface area contributed by atoms with E-state index >= 15 is 0 Å². The van der Waals surface area contributed by atoms with E-state index < -0.39 is 17.7 Å². The first-order valence-corrected chi connectivity index (χ1v) is 7.05. The maximum atomic E-state index is 13.4. The maximum absolute atomic E-state index is 13.4. The molecule has 0 bridgehead atoms. The number of rotatable bonds is 6. The summed E-state index contributed by atoms with van der Waals surface area (Å²) in [6, 6.07) is 2.03. The molecule has 0 radical (unpaired) electrons. The summed E-state index contributed by atoms with van der Waals surface area (Å²) in [6.45, 7) is 0.0367. The molecule has 0 amide bonds. The number of halogens is 3. The van der Waals surface area contributed by atoms with Gasteiger partial charge in [-0.2, -0.15) is 4.37 Å². The Morgan fingerprint density at radius 3 is 2.90 bits per heavy atom. The summed E-state index contributed by atoms with van der Waals surface area (Å²) in [7, 11) is 0. The van der Waals surface area contributed by atoms with E-state index in [0.29, 0.717) is 5.88 Å². The molecule has 0 saturated heterocycles. The van der Waals surface area contributed by atoms with Crippen molar-refractivity contribution in [2.75, 3.05) is 18.5 Å². The second kappa shape index (κ2) is 6.91. The van der Waals surface area contributed by atoms with Crippen molar-refractivity contribution < 1.29 is 18.6 Å². The predicted molar refractivity (Wildman–Crippen MR) is 74.0 cm³/mol. The largest absolute Gasteiger partial charge is 0.473 e. The van der Waals surface area contributed by atoms with E-state index in [1.54, 1.807) is 0 Å². The number of ether oxygens (including phenoxy) is 1. The van der Waals surface area contributed by atoms with Gasteiger partial charge in [-0.3, -0.25) is 0 Å². The van der Waals surface area contributed by atoms with E-state index in [1.807, 2.05) is 0 Å². The smallest absolute Gasteiger partial charge is 0.245 e. The molecule has 1 unspecified atom stereocenters. The standard InChI is InChI=1S/C11H10BrF2N3O2S/c12-7-1-10(9(14)2-8(7)13)15-3-6(18)5-19-11-4-16-20-17-11/h1-2,4,6,15,18H,3,5H2. The monoisotopic (exact) mass is 365 g/mol. The number of aromatic nitrogens is 2. The van der Waals surface area contributed by atoms with E-state index in [4.69, 9.17) is 4.74 Å². The fourth-order valence-corrected chi connectivity index (χ4v) is 2.05. The minimum atomic E-state index is -0.875. The van der Waals surface area contributed by atoms with Crippen molar-refractivity contribution in [3.05, 3.63) is 34.4 Å². The summed E-state index contributed by atoms with van der Waals surface area (Å²) in [4.78, 5) is 0. The molecule has 0 saturated carbocycles. The van der Waals surface area contributed by atoms with Gasteiger partial charge >= 0.3 is 0 Å². The Balaban J connectivity index is 1.84. The van der Waals surface area contributed by atoms with Gasteiger partial charge in [0.2, 0.25) is 5.88 Å². The lowest BCUT2D eigenvalue weighted by atomic mass is 10.2. The summed E-state index contributed by atoms with van der Waals surface area (Å²) in [6.07, 6.45) is 0.557. The molecule has 1 aromatic heterocycles.